The average molecular weight is 472 g/mol. The van der Waals surface area contributed by atoms with Gasteiger partial charge in [0, 0.05) is 18.2 Å². The van der Waals surface area contributed by atoms with Crippen molar-refractivity contribution in [3.63, 3.8) is 0 Å². The lowest BCUT2D eigenvalue weighted by Crippen LogP contribution is -2.48. The number of benzene rings is 1. The Kier molecular flexibility index (Phi) is 7.37. The van der Waals surface area contributed by atoms with Crippen LogP contribution in [-0.4, -0.2) is 27.8 Å². The van der Waals surface area contributed by atoms with Crippen LogP contribution in [0.15, 0.2) is 24.3 Å². The van der Waals surface area contributed by atoms with E-state index in [4.69, 9.17) is 20.5 Å². The third-order valence-electron chi connectivity index (χ3n) is 5.29. The van der Waals surface area contributed by atoms with Crippen molar-refractivity contribution in [3.05, 3.63) is 58.3 Å². The van der Waals surface area contributed by atoms with E-state index in [9.17, 15) is 13.6 Å². The summed E-state index contributed by atoms with van der Waals surface area (Å²) < 4.78 is 41.1. The quantitative estimate of drug-likeness (QED) is 0.507. The van der Waals surface area contributed by atoms with Gasteiger partial charge in [-0.05, 0) is 51.0 Å². The lowest BCUT2D eigenvalue weighted by molar-refractivity contribution is 0.197. The van der Waals surface area contributed by atoms with Gasteiger partial charge in [0.1, 0.15) is 29.7 Å². The highest BCUT2D eigenvalue weighted by molar-refractivity contribution is 5.76. The van der Waals surface area contributed by atoms with Crippen LogP contribution >= 0.6 is 0 Å². The van der Waals surface area contributed by atoms with Gasteiger partial charge in [0.15, 0.2) is 11.6 Å². The zero-order valence-corrected chi connectivity index (χ0v) is 19.5. The van der Waals surface area contributed by atoms with E-state index in [0.717, 1.165) is 30.5 Å². The fourth-order valence-corrected chi connectivity index (χ4v) is 3.59. The Morgan fingerprint density at radius 3 is 2.74 bits per heavy atom. The van der Waals surface area contributed by atoms with E-state index >= 15 is 0 Å². The molecule has 0 saturated carbocycles. The van der Waals surface area contributed by atoms with Gasteiger partial charge in [-0.1, -0.05) is 13.3 Å². The van der Waals surface area contributed by atoms with Crippen LogP contribution < -0.4 is 20.5 Å². The minimum atomic E-state index is -0.973. The molecule has 3 aromatic rings. The number of aromatic nitrogens is 2. The van der Waals surface area contributed by atoms with Gasteiger partial charge in [-0.25, -0.2) is 13.6 Å². The molecule has 0 aliphatic carbocycles. The molecule has 2 heterocycles. The van der Waals surface area contributed by atoms with E-state index in [-0.39, 0.29) is 29.3 Å². The minimum absolute atomic E-state index is 0.187. The number of amides is 1. The smallest absolute Gasteiger partial charge is 0.412 e. The Labute approximate surface area is 196 Å². The number of carbonyl (C=O) groups is 1. The van der Waals surface area contributed by atoms with Crippen molar-refractivity contribution in [3.8, 4) is 17.7 Å². The molecule has 1 aromatic carbocycles. The second-order valence-electron chi connectivity index (χ2n) is 8.52. The number of fused-ring (bicyclic) bond motifs is 1. The Morgan fingerprint density at radius 2 is 2.06 bits per heavy atom. The van der Waals surface area contributed by atoms with Crippen LogP contribution in [0.5, 0.6) is 11.6 Å². The third-order valence-corrected chi connectivity index (χ3v) is 5.29. The van der Waals surface area contributed by atoms with Gasteiger partial charge in [-0.15, -0.1) is 0 Å². The number of nitrogens with one attached hydrogen (secondary N) is 1. The molecule has 1 amide bonds. The van der Waals surface area contributed by atoms with Crippen molar-refractivity contribution >= 4 is 11.6 Å². The fourth-order valence-electron chi connectivity index (χ4n) is 3.59. The summed E-state index contributed by atoms with van der Waals surface area (Å²) >= 11 is 0. The molecule has 3 N–H and O–H groups in total. The molecule has 0 radical (unpaired) electrons. The fraction of sp³-hybridized carbons (Fsp3) is 0.375. The molecule has 0 saturated heterocycles. The highest BCUT2D eigenvalue weighted by Gasteiger charge is 2.22. The van der Waals surface area contributed by atoms with Gasteiger partial charge < -0.3 is 20.5 Å². The summed E-state index contributed by atoms with van der Waals surface area (Å²) in [5.74, 6) is -1.39. The lowest BCUT2D eigenvalue weighted by Gasteiger charge is -2.23. The first-order valence-corrected chi connectivity index (χ1v) is 10.8. The van der Waals surface area contributed by atoms with Crippen molar-refractivity contribution in [2.45, 2.75) is 52.7 Å². The molecule has 1 unspecified atom stereocenters. The molecular weight excluding hydrogens is 444 g/mol. The van der Waals surface area contributed by atoms with E-state index < -0.39 is 29.9 Å². The van der Waals surface area contributed by atoms with Gasteiger partial charge >= 0.3 is 6.09 Å². The van der Waals surface area contributed by atoms with Crippen molar-refractivity contribution in [1.29, 1.82) is 5.26 Å². The van der Waals surface area contributed by atoms with Gasteiger partial charge in [-0.2, -0.15) is 14.9 Å². The Hall–Kier alpha value is -3.71. The number of nitrogens with two attached hydrogens (primary N) is 1. The summed E-state index contributed by atoms with van der Waals surface area (Å²) in [7, 11) is 0. The summed E-state index contributed by atoms with van der Waals surface area (Å²) in [5, 5.41) is 16.0. The normalized spacial score (nSPS) is 12.8. The first kappa shape index (κ1) is 24.9. The Bertz CT molecular complexity index is 1260. The van der Waals surface area contributed by atoms with Crippen molar-refractivity contribution in [2.24, 2.45) is 5.73 Å². The number of nitriles is 1. The summed E-state index contributed by atoms with van der Waals surface area (Å²) in [6, 6.07) is 7.15. The number of aryl methyl sites for hydroxylation is 2. The molecular formula is C24H27F2N5O3. The minimum Gasteiger partial charge on any atom is -0.473 e. The third kappa shape index (κ3) is 5.43. The van der Waals surface area contributed by atoms with Gasteiger partial charge in [0.25, 0.3) is 0 Å². The summed E-state index contributed by atoms with van der Waals surface area (Å²) in [6.07, 6.45) is 0.946. The first-order chi connectivity index (χ1) is 16.1. The van der Waals surface area contributed by atoms with Crippen LogP contribution in [0.1, 0.15) is 49.1 Å². The molecule has 180 valence electrons. The van der Waals surface area contributed by atoms with E-state index in [0.29, 0.717) is 11.2 Å². The van der Waals surface area contributed by atoms with Crippen LogP contribution in [0.3, 0.4) is 0 Å². The van der Waals surface area contributed by atoms with Crippen molar-refractivity contribution in [1.82, 2.24) is 14.9 Å². The monoisotopic (exact) mass is 471 g/mol. The topological polar surface area (TPSA) is 115 Å². The number of hydrogen-bond acceptors (Lipinski definition) is 6. The largest absolute Gasteiger partial charge is 0.473 e. The second-order valence-corrected chi connectivity index (χ2v) is 8.52. The van der Waals surface area contributed by atoms with Crippen LogP contribution in [0, 0.1) is 36.8 Å². The SMILES string of the molecule is CCCC(C)(N)CNC(=O)Oc1c(C)nn2c(OCc3c(F)ccc(C#N)c3F)cc(C)cc12. The molecule has 0 fully saturated rings. The van der Waals surface area contributed by atoms with Gasteiger partial charge in [0.2, 0.25) is 5.88 Å². The van der Waals surface area contributed by atoms with Crippen molar-refractivity contribution < 1.29 is 23.0 Å². The number of halogens is 2. The number of pyridine rings is 1. The zero-order chi connectivity index (χ0) is 25.0. The van der Waals surface area contributed by atoms with Crippen molar-refractivity contribution in [2.75, 3.05) is 6.54 Å². The maximum Gasteiger partial charge on any atom is 0.412 e. The Balaban J connectivity index is 1.85. The maximum atomic E-state index is 14.4. The number of nitrogens with zero attached hydrogens (tertiary/aromatic N) is 3. The van der Waals surface area contributed by atoms with Crippen LogP contribution in [-0.2, 0) is 6.61 Å². The Morgan fingerprint density at radius 1 is 1.32 bits per heavy atom. The predicted octanol–water partition coefficient (Wildman–Crippen LogP) is 4.29. The van der Waals surface area contributed by atoms with Gasteiger partial charge in [-0.3, -0.25) is 0 Å². The van der Waals surface area contributed by atoms with E-state index in [1.54, 1.807) is 32.0 Å². The summed E-state index contributed by atoms with van der Waals surface area (Å²) in [4.78, 5) is 12.4. The van der Waals surface area contributed by atoms with Crippen LogP contribution in [0.25, 0.3) is 5.52 Å². The molecule has 3 rings (SSSR count). The van der Waals surface area contributed by atoms with Crippen LogP contribution in [0.2, 0.25) is 0 Å². The molecule has 0 bridgehead atoms. The molecule has 0 aliphatic rings. The molecule has 0 spiro atoms. The molecule has 0 aliphatic heterocycles. The predicted molar refractivity (Wildman–Crippen MR) is 122 cm³/mol. The molecule has 10 heteroatoms. The zero-order valence-electron chi connectivity index (χ0n) is 19.5. The highest BCUT2D eigenvalue weighted by atomic mass is 19.1. The van der Waals surface area contributed by atoms with Crippen LogP contribution in [0.4, 0.5) is 13.6 Å². The molecule has 8 nitrogen and oxygen atoms in total. The number of rotatable bonds is 8. The second kappa shape index (κ2) is 10.1. The summed E-state index contributed by atoms with van der Waals surface area (Å²) in [5.41, 5.74) is 6.55. The number of ether oxygens (including phenoxy) is 2. The maximum absolute atomic E-state index is 14.4. The van der Waals surface area contributed by atoms with Gasteiger partial charge in [0.05, 0.1) is 11.1 Å². The molecule has 34 heavy (non-hydrogen) atoms. The molecule has 2 aromatic heterocycles. The van der Waals surface area contributed by atoms with E-state index in [1.165, 1.54) is 4.52 Å². The standard InChI is InChI=1S/C24H27F2N5O3/c1-5-8-24(4,28)13-29-23(32)34-22-15(3)30-31-19(22)9-14(2)10-20(31)33-12-17-18(25)7-6-16(11-27)21(17)26/h6-7,9-10H,5,8,12-13,28H2,1-4H3,(H,29,32). The average Bonchev–Trinajstić information content (AvgIpc) is 3.07. The summed E-state index contributed by atoms with van der Waals surface area (Å²) in [6.45, 7) is 7.09. The number of hydrogen-bond donors (Lipinski definition) is 2. The molecule has 1 atom stereocenters. The first-order valence-electron chi connectivity index (χ1n) is 10.8. The number of carbonyl (C=O) groups excluding carboxylic acids is 1. The van der Waals surface area contributed by atoms with E-state index in [2.05, 4.69) is 10.4 Å². The lowest BCUT2D eigenvalue weighted by atomic mass is 9.98. The van der Waals surface area contributed by atoms with E-state index in [1.807, 2.05) is 13.8 Å². The highest BCUT2D eigenvalue weighted by Crippen LogP contribution is 2.30.